The van der Waals surface area contributed by atoms with Crippen molar-refractivity contribution in [3.05, 3.63) is 34.3 Å². The molecule has 1 aromatic carbocycles. The standard InChI is InChI=1S/C12H16ClNO4S/c1-14(5-6-19(2,17)18)8-10-4-3-9(12(15)16)7-11(10)13/h3-4,7H,5-6,8H2,1-2H3,(H,15,16). The second-order valence-corrected chi connectivity index (χ2v) is 7.15. The van der Waals surface area contributed by atoms with Gasteiger partial charge in [0.1, 0.15) is 9.84 Å². The summed E-state index contributed by atoms with van der Waals surface area (Å²) in [6, 6.07) is 4.51. The molecule has 1 aromatic rings. The minimum atomic E-state index is -2.99. The Morgan fingerprint density at radius 3 is 2.53 bits per heavy atom. The Morgan fingerprint density at radius 1 is 1.42 bits per heavy atom. The molecule has 0 radical (unpaired) electrons. The summed E-state index contributed by atoms with van der Waals surface area (Å²) in [7, 11) is -1.21. The van der Waals surface area contributed by atoms with E-state index in [1.54, 1.807) is 13.1 Å². The lowest BCUT2D eigenvalue weighted by Gasteiger charge is -2.17. The molecule has 0 aromatic heterocycles. The van der Waals surface area contributed by atoms with Crippen LogP contribution in [-0.4, -0.2) is 50.0 Å². The van der Waals surface area contributed by atoms with E-state index in [4.69, 9.17) is 16.7 Å². The van der Waals surface area contributed by atoms with Crippen molar-refractivity contribution < 1.29 is 18.3 Å². The minimum Gasteiger partial charge on any atom is -0.478 e. The normalized spacial score (nSPS) is 11.8. The van der Waals surface area contributed by atoms with Crippen molar-refractivity contribution in [2.75, 3.05) is 25.6 Å². The number of aromatic carboxylic acids is 1. The van der Waals surface area contributed by atoms with E-state index in [2.05, 4.69) is 0 Å². The van der Waals surface area contributed by atoms with Crippen LogP contribution in [0.15, 0.2) is 18.2 Å². The predicted octanol–water partition coefficient (Wildman–Crippen LogP) is 1.51. The van der Waals surface area contributed by atoms with Gasteiger partial charge in [-0.2, -0.15) is 0 Å². The van der Waals surface area contributed by atoms with Crippen molar-refractivity contribution >= 4 is 27.4 Å². The Kier molecular flexibility index (Phi) is 5.34. The van der Waals surface area contributed by atoms with Crippen LogP contribution in [0.3, 0.4) is 0 Å². The summed E-state index contributed by atoms with van der Waals surface area (Å²) in [6.45, 7) is 0.865. The smallest absolute Gasteiger partial charge is 0.335 e. The molecule has 0 atom stereocenters. The zero-order valence-electron chi connectivity index (χ0n) is 10.8. The van der Waals surface area contributed by atoms with Gasteiger partial charge in [-0.05, 0) is 24.7 Å². The van der Waals surface area contributed by atoms with Crippen LogP contribution in [0.4, 0.5) is 0 Å². The number of carbonyl (C=O) groups is 1. The van der Waals surface area contributed by atoms with Gasteiger partial charge in [-0.25, -0.2) is 13.2 Å². The monoisotopic (exact) mass is 305 g/mol. The van der Waals surface area contributed by atoms with Crippen LogP contribution in [0.25, 0.3) is 0 Å². The minimum absolute atomic E-state index is 0.0777. The Balaban J connectivity index is 2.69. The second-order valence-electron chi connectivity index (χ2n) is 4.48. The average molecular weight is 306 g/mol. The molecule has 0 aliphatic heterocycles. The number of nitrogens with zero attached hydrogens (tertiary/aromatic N) is 1. The van der Waals surface area contributed by atoms with Crippen LogP contribution in [0.5, 0.6) is 0 Å². The summed E-state index contributed by atoms with van der Waals surface area (Å²) in [5, 5.41) is 9.19. The molecule has 0 aliphatic rings. The van der Waals surface area contributed by atoms with Gasteiger partial charge in [-0.1, -0.05) is 17.7 Å². The first kappa shape index (κ1) is 15.9. The number of benzene rings is 1. The fourth-order valence-electron chi connectivity index (χ4n) is 1.50. The SMILES string of the molecule is CN(CCS(C)(=O)=O)Cc1ccc(C(=O)O)cc1Cl. The average Bonchev–Trinajstić information content (AvgIpc) is 2.28. The molecule has 1 N–H and O–H groups in total. The molecule has 1 rings (SSSR count). The summed E-state index contributed by atoms with van der Waals surface area (Å²) in [6.07, 6.45) is 1.19. The molecule has 0 saturated carbocycles. The number of hydrogen-bond acceptors (Lipinski definition) is 4. The molecule has 0 spiro atoms. The van der Waals surface area contributed by atoms with Gasteiger partial charge in [0, 0.05) is 24.4 Å². The summed E-state index contributed by atoms with van der Waals surface area (Å²) in [5.41, 5.74) is 0.898. The van der Waals surface area contributed by atoms with Crippen LogP contribution in [0.1, 0.15) is 15.9 Å². The molecule has 0 saturated heterocycles. The molecule has 0 amide bonds. The largest absolute Gasteiger partial charge is 0.478 e. The highest BCUT2D eigenvalue weighted by Gasteiger charge is 2.10. The lowest BCUT2D eigenvalue weighted by atomic mass is 10.1. The summed E-state index contributed by atoms with van der Waals surface area (Å²) in [4.78, 5) is 12.6. The molecule has 7 heteroatoms. The number of halogens is 1. The molecule has 0 unspecified atom stereocenters. The first-order valence-corrected chi connectivity index (χ1v) is 8.01. The summed E-state index contributed by atoms with van der Waals surface area (Å²) < 4.78 is 22.1. The van der Waals surface area contributed by atoms with Crippen molar-refractivity contribution in [3.63, 3.8) is 0 Å². The lowest BCUT2D eigenvalue weighted by Crippen LogP contribution is -2.25. The molecule has 5 nitrogen and oxygen atoms in total. The molecule has 0 bridgehead atoms. The lowest BCUT2D eigenvalue weighted by molar-refractivity contribution is 0.0697. The predicted molar refractivity (Wildman–Crippen MR) is 74.5 cm³/mol. The highest BCUT2D eigenvalue weighted by atomic mass is 35.5. The Morgan fingerprint density at radius 2 is 2.05 bits per heavy atom. The third-order valence-corrected chi connectivity index (χ3v) is 3.86. The van der Waals surface area contributed by atoms with Gasteiger partial charge in [0.05, 0.1) is 11.3 Å². The van der Waals surface area contributed by atoms with Crippen molar-refractivity contribution in [1.82, 2.24) is 4.90 Å². The number of hydrogen-bond donors (Lipinski definition) is 1. The first-order valence-electron chi connectivity index (χ1n) is 5.57. The third kappa shape index (κ3) is 5.59. The number of carboxylic acid groups (broad SMARTS) is 1. The van der Waals surface area contributed by atoms with E-state index in [1.165, 1.54) is 18.4 Å². The number of rotatable bonds is 6. The van der Waals surface area contributed by atoms with Crippen LogP contribution >= 0.6 is 11.6 Å². The van der Waals surface area contributed by atoms with Crippen LogP contribution in [-0.2, 0) is 16.4 Å². The van der Waals surface area contributed by atoms with E-state index in [0.29, 0.717) is 18.1 Å². The second kappa shape index (κ2) is 6.36. The van der Waals surface area contributed by atoms with Crippen molar-refractivity contribution in [2.45, 2.75) is 6.54 Å². The van der Waals surface area contributed by atoms with Crippen LogP contribution in [0.2, 0.25) is 5.02 Å². The van der Waals surface area contributed by atoms with E-state index in [1.807, 2.05) is 4.90 Å². The van der Waals surface area contributed by atoms with E-state index >= 15 is 0 Å². The van der Waals surface area contributed by atoms with Crippen molar-refractivity contribution in [1.29, 1.82) is 0 Å². The Bertz CT molecular complexity index is 571. The van der Waals surface area contributed by atoms with Crippen molar-refractivity contribution in [3.8, 4) is 0 Å². The zero-order chi connectivity index (χ0) is 14.6. The third-order valence-electron chi connectivity index (χ3n) is 2.58. The zero-order valence-corrected chi connectivity index (χ0v) is 12.3. The molecular weight excluding hydrogens is 290 g/mol. The Labute approximate surface area is 117 Å². The molecule has 0 fully saturated rings. The van der Waals surface area contributed by atoms with Gasteiger partial charge < -0.3 is 10.0 Å². The van der Waals surface area contributed by atoms with E-state index in [-0.39, 0.29) is 11.3 Å². The molecular formula is C12H16ClNO4S. The number of carboxylic acids is 1. The van der Waals surface area contributed by atoms with Crippen LogP contribution < -0.4 is 0 Å². The topological polar surface area (TPSA) is 74.7 Å². The molecule has 0 aliphatic carbocycles. The summed E-state index contributed by atoms with van der Waals surface area (Å²) in [5.74, 6) is -0.951. The van der Waals surface area contributed by atoms with E-state index in [0.717, 1.165) is 5.56 Å². The van der Waals surface area contributed by atoms with Gasteiger partial charge in [0.25, 0.3) is 0 Å². The van der Waals surface area contributed by atoms with E-state index in [9.17, 15) is 13.2 Å². The van der Waals surface area contributed by atoms with Gasteiger partial charge in [-0.15, -0.1) is 0 Å². The highest BCUT2D eigenvalue weighted by Crippen LogP contribution is 2.19. The Hall–Kier alpha value is -1.11. The molecule has 0 heterocycles. The fourth-order valence-corrected chi connectivity index (χ4v) is 2.38. The first-order chi connectivity index (χ1) is 8.69. The summed E-state index contributed by atoms with van der Waals surface area (Å²) >= 11 is 6.00. The highest BCUT2D eigenvalue weighted by molar-refractivity contribution is 7.90. The van der Waals surface area contributed by atoms with Crippen LogP contribution in [0, 0.1) is 0 Å². The molecule has 19 heavy (non-hydrogen) atoms. The quantitative estimate of drug-likeness (QED) is 0.862. The fraction of sp³-hybridized carbons (Fsp3) is 0.417. The van der Waals surface area contributed by atoms with Gasteiger partial charge in [0.2, 0.25) is 0 Å². The van der Waals surface area contributed by atoms with Crippen molar-refractivity contribution in [2.24, 2.45) is 0 Å². The van der Waals surface area contributed by atoms with Gasteiger partial charge in [0.15, 0.2) is 0 Å². The van der Waals surface area contributed by atoms with Gasteiger partial charge in [-0.3, -0.25) is 0 Å². The maximum Gasteiger partial charge on any atom is 0.335 e. The van der Waals surface area contributed by atoms with E-state index < -0.39 is 15.8 Å². The maximum absolute atomic E-state index is 11.1. The maximum atomic E-state index is 11.1. The van der Waals surface area contributed by atoms with Gasteiger partial charge >= 0.3 is 5.97 Å². The number of sulfone groups is 1. The molecule has 106 valence electrons.